The molecule has 3 aromatic rings. The number of nitrogens with zero attached hydrogens (tertiary/aromatic N) is 3. The van der Waals surface area contributed by atoms with Gasteiger partial charge in [-0.2, -0.15) is 5.10 Å². The van der Waals surface area contributed by atoms with Gasteiger partial charge in [-0.1, -0.05) is 18.2 Å². The molecule has 112 valence electrons. The molecule has 0 aliphatic rings. The molecule has 1 N–H and O–H groups in total. The van der Waals surface area contributed by atoms with E-state index in [1.54, 1.807) is 6.20 Å². The number of amides is 1. The molecule has 5 heteroatoms. The van der Waals surface area contributed by atoms with E-state index in [1.807, 2.05) is 29.1 Å². The molecule has 0 fully saturated rings. The highest BCUT2D eigenvalue weighted by molar-refractivity contribution is 5.80. The summed E-state index contributed by atoms with van der Waals surface area (Å²) in [5.41, 5.74) is 3.11. The number of hydrogen-bond donors (Lipinski definition) is 1. The smallest absolute Gasteiger partial charge is 0.222 e. The van der Waals surface area contributed by atoms with Crippen molar-refractivity contribution < 1.29 is 4.79 Å². The maximum atomic E-state index is 11.9. The van der Waals surface area contributed by atoms with Crippen LogP contribution < -0.4 is 5.32 Å². The fourth-order valence-electron chi connectivity index (χ4n) is 2.35. The summed E-state index contributed by atoms with van der Waals surface area (Å²) in [6, 6.07) is 11.9. The van der Waals surface area contributed by atoms with Crippen molar-refractivity contribution in [1.29, 1.82) is 0 Å². The second kappa shape index (κ2) is 6.39. The zero-order valence-corrected chi connectivity index (χ0v) is 12.5. The van der Waals surface area contributed by atoms with Crippen LogP contribution in [0.2, 0.25) is 0 Å². The lowest BCUT2D eigenvalue weighted by Gasteiger charge is -2.06. The second-order valence-electron chi connectivity index (χ2n) is 5.28. The van der Waals surface area contributed by atoms with Gasteiger partial charge in [-0.3, -0.25) is 14.5 Å². The molecular formula is C17H18N4O. The molecule has 0 radical (unpaired) electrons. The minimum atomic E-state index is 0.00181. The molecule has 2 aromatic heterocycles. The first-order chi connectivity index (χ1) is 10.7. The number of carbonyl (C=O) groups excluding carboxylic acids is 1. The van der Waals surface area contributed by atoms with E-state index in [0.717, 1.165) is 16.6 Å². The Morgan fingerprint density at radius 1 is 1.27 bits per heavy atom. The van der Waals surface area contributed by atoms with Crippen molar-refractivity contribution in [2.45, 2.75) is 26.4 Å². The molecule has 0 atom stereocenters. The summed E-state index contributed by atoms with van der Waals surface area (Å²) in [5, 5.41) is 8.33. The zero-order chi connectivity index (χ0) is 15.4. The number of pyridine rings is 1. The van der Waals surface area contributed by atoms with E-state index in [1.165, 1.54) is 5.56 Å². The van der Waals surface area contributed by atoms with Crippen LogP contribution in [0.1, 0.15) is 17.7 Å². The molecule has 0 saturated carbocycles. The van der Waals surface area contributed by atoms with Gasteiger partial charge in [0.1, 0.15) is 0 Å². The molecule has 1 amide bonds. The molecule has 0 saturated heterocycles. The summed E-state index contributed by atoms with van der Waals surface area (Å²) < 4.78 is 1.88. The molecule has 0 unspecified atom stereocenters. The number of fused-ring (bicyclic) bond motifs is 1. The van der Waals surface area contributed by atoms with Crippen molar-refractivity contribution in [3.8, 4) is 0 Å². The molecule has 3 rings (SSSR count). The summed E-state index contributed by atoms with van der Waals surface area (Å²) in [7, 11) is 0. The van der Waals surface area contributed by atoms with Gasteiger partial charge in [0, 0.05) is 18.0 Å². The zero-order valence-electron chi connectivity index (χ0n) is 12.5. The predicted octanol–water partition coefficient (Wildman–Crippen LogP) is 2.45. The maximum absolute atomic E-state index is 11.9. The van der Waals surface area contributed by atoms with Crippen molar-refractivity contribution in [1.82, 2.24) is 20.1 Å². The lowest BCUT2D eigenvalue weighted by atomic mass is 10.2. The van der Waals surface area contributed by atoms with E-state index < -0.39 is 0 Å². The molecule has 0 aliphatic carbocycles. The van der Waals surface area contributed by atoms with Crippen LogP contribution in [0, 0.1) is 6.92 Å². The van der Waals surface area contributed by atoms with Gasteiger partial charge in [-0.05, 0) is 30.7 Å². The summed E-state index contributed by atoms with van der Waals surface area (Å²) >= 11 is 0. The van der Waals surface area contributed by atoms with E-state index in [9.17, 15) is 4.79 Å². The van der Waals surface area contributed by atoms with Crippen LogP contribution in [0.4, 0.5) is 0 Å². The third-order valence-electron chi connectivity index (χ3n) is 3.54. The van der Waals surface area contributed by atoms with E-state index in [-0.39, 0.29) is 5.91 Å². The number of nitrogens with one attached hydrogen (secondary N) is 1. The third kappa shape index (κ3) is 3.31. The first-order valence-electron chi connectivity index (χ1n) is 7.31. The lowest BCUT2D eigenvalue weighted by Crippen LogP contribution is -2.24. The Bertz CT molecular complexity index is 780. The van der Waals surface area contributed by atoms with Crippen LogP contribution in [-0.4, -0.2) is 20.7 Å². The first kappa shape index (κ1) is 14.3. The molecule has 1 aromatic carbocycles. The number of benzene rings is 1. The summed E-state index contributed by atoms with van der Waals surface area (Å²) in [4.78, 5) is 16.1. The van der Waals surface area contributed by atoms with E-state index in [0.29, 0.717) is 19.5 Å². The Morgan fingerprint density at radius 2 is 2.18 bits per heavy atom. The van der Waals surface area contributed by atoms with Crippen molar-refractivity contribution in [3.63, 3.8) is 0 Å². The van der Waals surface area contributed by atoms with Crippen molar-refractivity contribution in [2.24, 2.45) is 0 Å². The number of rotatable bonds is 5. The Balaban J connectivity index is 1.57. The van der Waals surface area contributed by atoms with Gasteiger partial charge in [0.15, 0.2) is 0 Å². The number of aryl methyl sites for hydroxylation is 2. The normalized spacial score (nSPS) is 10.8. The second-order valence-corrected chi connectivity index (χ2v) is 5.28. The average molecular weight is 294 g/mol. The standard InChI is InChI=1S/C17H18N4O/c1-13-5-6-14-11-20-21(16(14)10-13)9-7-17(22)19-12-15-4-2-3-8-18-15/h2-6,8,10-11H,7,9,12H2,1H3,(H,19,22). The topological polar surface area (TPSA) is 59.8 Å². The van der Waals surface area contributed by atoms with Crippen LogP contribution in [0.5, 0.6) is 0 Å². The molecule has 2 heterocycles. The summed E-state index contributed by atoms with van der Waals surface area (Å²) in [6.45, 7) is 3.08. The molecule has 5 nitrogen and oxygen atoms in total. The number of carbonyl (C=O) groups is 1. The largest absolute Gasteiger partial charge is 0.350 e. The minimum absolute atomic E-state index is 0.00181. The molecule has 0 bridgehead atoms. The van der Waals surface area contributed by atoms with Gasteiger partial charge in [0.2, 0.25) is 5.91 Å². The lowest BCUT2D eigenvalue weighted by molar-refractivity contribution is -0.121. The fraction of sp³-hybridized carbons (Fsp3) is 0.235. The van der Waals surface area contributed by atoms with Gasteiger partial charge >= 0.3 is 0 Å². The average Bonchev–Trinajstić information content (AvgIpc) is 2.94. The Hall–Kier alpha value is -2.69. The van der Waals surface area contributed by atoms with Crippen molar-refractivity contribution >= 4 is 16.8 Å². The summed E-state index contributed by atoms with van der Waals surface area (Å²) in [6.07, 6.45) is 3.96. The third-order valence-corrected chi connectivity index (χ3v) is 3.54. The SMILES string of the molecule is Cc1ccc2cnn(CCC(=O)NCc3ccccn3)c2c1. The number of hydrogen-bond acceptors (Lipinski definition) is 3. The molecule has 22 heavy (non-hydrogen) atoms. The molecule has 0 spiro atoms. The minimum Gasteiger partial charge on any atom is -0.350 e. The van der Waals surface area contributed by atoms with Gasteiger partial charge < -0.3 is 5.32 Å². The predicted molar refractivity (Wildman–Crippen MR) is 85.2 cm³/mol. The molecular weight excluding hydrogens is 276 g/mol. The van der Waals surface area contributed by atoms with Gasteiger partial charge in [-0.25, -0.2) is 0 Å². The van der Waals surface area contributed by atoms with Crippen LogP contribution in [0.25, 0.3) is 10.9 Å². The van der Waals surface area contributed by atoms with Crippen LogP contribution >= 0.6 is 0 Å². The van der Waals surface area contributed by atoms with E-state index in [4.69, 9.17) is 0 Å². The highest BCUT2D eigenvalue weighted by Crippen LogP contribution is 2.15. The Morgan fingerprint density at radius 3 is 3.00 bits per heavy atom. The Kier molecular flexibility index (Phi) is 4.14. The van der Waals surface area contributed by atoms with Crippen molar-refractivity contribution in [2.75, 3.05) is 0 Å². The van der Waals surface area contributed by atoms with Gasteiger partial charge in [-0.15, -0.1) is 0 Å². The fourth-order valence-corrected chi connectivity index (χ4v) is 2.35. The monoisotopic (exact) mass is 294 g/mol. The molecule has 0 aliphatic heterocycles. The van der Waals surface area contributed by atoms with Crippen molar-refractivity contribution in [3.05, 3.63) is 60.0 Å². The van der Waals surface area contributed by atoms with Gasteiger partial charge in [0.25, 0.3) is 0 Å². The van der Waals surface area contributed by atoms with Crippen LogP contribution in [-0.2, 0) is 17.9 Å². The first-order valence-corrected chi connectivity index (χ1v) is 7.31. The van der Waals surface area contributed by atoms with Crippen LogP contribution in [0.3, 0.4) is 0 Å². The van der Waals surface area contributed by atoms with Gasteiger partial charge in [0.05, 0.1) is 30.5 Å². The highest BCUT2D eigenvalue weighted by atomic mass is 16.1. The maximum Gasteiger partial charge on any atom is 0.222 e. The number of aromatic nitrogens is 3. The van der Waals surface area contributed by atoms with E-state index >= 15 is 0 Å². The Labute approximate surface area is 129 Å². The summed E-state index contributed by atoms with van der Waals surface area (Å²) in [5.74, 6) is 0.00181. The quantitative estimate of drug-likeness (QED) is 0.786. The van der Waals surface area contributed by atoms with E-state index in [2.05, 4.69) is 40.5 Å². The highest BCUT2D eigenvalue weighted by Gasteiger charge is 2.06. The van der Waals surface area contributed by atoms with Crippen LogP contribution in [0.15, 0.2) is 48.8 Å².